The van der Waals surface area contributed by atoms with Gasteiger partial charge in [-0.05, 0) is 43.0 Å². The molecule has 0 nitrogen and oxygen atoms in total. The third kappa shape index (κ3) is 2.10. The zero-order valence-corrected chi connectivity index (χ0v) is 9.25. The monoisotopic (exact) mass is 195 g/mol. The predicted octanol–water partition coefficient (Wildman–Crippen LogP) is 4.15. The Balaban J connectivity index is 2.45. The lowest BCUT2D eigenvalue weighted by molar-refractivity contribution is 1.41. The molecule has 75 valence electrons. The SMILES string of the molecule is [CH2]c1ccc(-c2ccc(C)cc2)cc1C. The lowest BCUT2D eigenvalue weighted by Gasteiger charge is -2.05. The van der Waals surface area contributed by atoms with Crippen LogP contribution >= 0.6 is 0 Å². The summed E-state index contributed by atoms with van der Waals surface area (Å²) in [4.78, 5) is 0. The van der Waals surface area contributed by atoms with Gasteiger partial charge >= 0.3 is 0 Å². The summed E-state index contributed by atoms with van der Waals surface area (Å²) >= 11 is 0. The molecule has 2 aromatic carbocycles. The van der Waals surface area contributed by atoms with Gasteiger partial charge in [0.1, 0.15) is 0 Å². The van der Waals surface area contributed by atoms with Gasteiger partial charge in [0, 0.05) is 0 Å². The molecule has 0 bridgehead atoms. The second-order valence-corrected chi connectivity index (χ2v) is 4.01. The highest BCUT2D eigenvalue weighted by Crippen LogP contribution is 2.22. The number of hydrogen-bond acceptors (Lipinski definition) is 0. The van der Waals surface area contributed by atoms with Crippen LogP contribution in [0.4, 0.5) is 0 Å². The van der Waals surface area contributed by atoms with Gasteiger partial charge in [-0.2, -0.15) is 0 Å². The summed E-state index contributed by atoms with van der Waals surface area (Å²) in [7, 11) is 0. The van der Waals surface area contributed by atoms with Gasteiger partial charge < -0.3 is 0 Å². The molecule has 0 saturated carbocycles. The second-order valence-electron chi connectivity index (χ2n) is 4.01. The molecule has 15 heavy (non-hydrogen) atoms. The highest BCUT2D eigenvalue weighted by atomic mass is 14.0. The minimum Gasteiger partial charge on any atom is -0.0587 e. The first kappa shape index (κ1) is 9.97. The molecule has 0 aliphatic rings. The van der Waals surface area contributed by atoms with Gasteiger partial charge in [0.05, 0.1) is 0 Å². The predicted molar refractivity (Wildman–Crippen MR) is 65.8 cm³/mol. The quantitative estimate of drug-likeness (QED) is 0.641. The first-order valence-corrected chi connectivity index (χ1v) is 5.16. The maximum Gasteiger partial charge on any atom is -0.0181 e. The molecule has 0 atom stereocenters. The summed E-state index contributed by atoms with van der Waals surface area (Å²) in [6.45, 7) is 8.17. The average Bonchev–Trinajstić information content (AvgIpc) is 2.23. The van der Waals surface area contributed by atoms with E-state index in [1.165, 1.54) is 22.3 Å². The Bertz CT molecular complexity index is 464. The molecule has 2 aromatic rings. The Labute approximate surface area is 91.6 Å². The van der Waals surface area contributed by atoms with Crippen LogP contribution in [0.2, 0.25) is 0 Å². The van der Waals surface area contributed by atoms with Crippen molar-refractivity contribution < 1.29 is 0 Å². The Morgan fingerprint density at radius 1 is 0.800 bits per heavy atom. The van der Waals surface area contributed by atoms with Crippen molar-refractivity contribution in [2.75, 3.05) is 0 Å². The number of benzene rings is 2. The summed E-state index contributed by atoms with van der Waals surface area (Å²) in [5, 5.41) is 0. The van der Waals surface area contributed by atoms with E-state index in [1.54, 1.807) is 0 Å². The van der Waals surface area contributed by atoms with E-state index in [1.807, 2.05) is 0 Å². The lowest BCUT2D eigenvalue weighted by Crippen LogP contribution is -1.83. The van der Waals surface area contributed by atoms with E-state index in [-0.39, 0.29) is 0 Å². The van der Waals surface area contributed by atoms with Crippen molar-refractivity contribution in [1.29, 1.82) is 0 Å². The van der Waals surface area contributed by atoms with E-state index in [2.05, 4.69) is 63.2 Å². The van der Waals surface area contributed by atoms with Gasteiger partial charge in [0.25, 0.3) is 0 Å². The topological polar surface area (TPSA) is 0 Å². The van der Waals surface area contributed by atoms with E-state index in [0.29, 0.717) is 0 Å². The molecule has 0 amide bonds. The molecule has 0 fully saturated rings. The zero-order valence-electron chi connectivity index (χ0n) is 9.25. The van der Waals surface area contributed by atoms with E-state index in [0.717, 1.165) is 5.56 Å². The Kier molecular flexibility index (Phi) is 2.59. The van der Waals surface area contributed by atoms with E-state index in [4.69, 9.17) is 0 Å². The standard InChI is InChI=1S/C15H15/c1-11-4-7-14(8-5-11)15-9-6-12(2)13(3)10-15/h4-10H,2H2,1,3H3. The third-order valence-corrected chi connectivity index (χ3v) is 2.73. The van der Waals surface area contributed by atoms with Crippen molar-refractivity contribution >= 4 is 0 Å². The fraction of sp³-hybridized carbons (Fsp3) is 0.133. The van der Waals surface area contributed by atoms with E-state index < -0.39 is 0 Å². The van der Waals surface area contributed by atoms with Crippen LogP contribution < -0.4 is 0 Å². The van der Waals surface area contributed by atoms with Crippen molar-refractivity contribution in [1.82, 2.24) is 0 Å². The Hall–Kier alpha value is -1.56. The maximum atomic E-state index is 3.97. The van der Waals surface area contributed by atoms with Crippen LogP contribution in [-0.4, -0.2) is 0 Å². The largest absolute Gasteiger partial charge is 0.0587 e. The number of rotatable bonds is 1. The molecule has 0 aliphatic carbocycles. The van der Waals surface area contributed by atoms with Crippen LogP contribution in [0.5, 0.6) is 0 Å². The number of aryl methyl sites for hydroxylation is 2. The zero-order chi connectivity index (χ0) is 10.8. The van der Waals surface area contributed by atoms with Crippen LogP contribution in [-0.2, 0) is 0 Å². The minimum atomic E-state index is 1.10. The molecule has 0 aromatic heterocycles. The van der Waals surface area contributed by atoms with Crippen molar-refractivity contribution in [3.8, 4) is 11.1 Å². The van der Waals surface area contributed by atoms with Crippen molar-refractivity contribution in [2.45, 2.75) is 13.8 Å². The molecule has 0 aliphatic heterocycles. The second kappa shape index (κ2) is 3.90. The smallest absolute Gasteiger partial charge is 0.0181 e. The van der Waals surface area contributed by atoms with Crippen LogP contribution in [0, 0.1) is 20.8 Å². The highest BCUT2D eigenvalue weighted by Gasteiger charge is 1.98. The average molecular weight is 195 g/mol. The molecule has 0 heterocycles. The van der Waals surface area contributed by atoms with Gasteiger partial charge in [-0.3, -0.25) is 0 Å². The van der Waals surface area contributed by atoms with Crippen LogP contribution in [0.1, 0.15) is 16.7 Å². The van der Waals surface area contributed by atoms with Gasteiger partial charge in [0.15, 0.2) is 0 Å². The van der Waals surface area contributed by atoms with Gasteiger partial charge in [-0.15, -0.1) is 0 Å². The molecular formula is C15H15. The van der Waals surface area contributed by atoms with Crippen LogP contribution in [0.3, 0.4) is 0 Å². The molecule has 0 spiro atoms. The van der Waals surface area contributed by atoms with E-state index >= 15 is 0 Å². The lowest BCUT2D eigenvalue weighted by atomic mass is 10.00. The van der Waals surface area contributed by atoms with E-state index in [9.17, 15) is 0 Å². The van der Waals surface area contributed by atoms with Gasteiger partial charge in [-0.1, -0.05) is 48.0 Å². The van der Waals surface area contributed by atoms with Crippen LogP contribution in [0.25, 0.3) is 11.1 Å². The molecule has 0 unspecified atom stereocenters. The fourth-order valence-electron chi connectivity index (χ4n) is 1.62. The Morgan fingerprint density at radius 2 is 1.40 bits per heavy atom. The highest BCUT2D eigenvalue weighted by molar-refractivity contribution is 5.65. The summed E-state index contributed by atoms with van der Waals surface area (Å²) in [5.41, 5.74) is 6.17. The summed E-state index contributed by atoms with van der Waals surface area (Å²) in [6.07, 6.45) is 0. The number of hydrogen-bond donors (Lipinski definition) is 0. The van der Waals surface area contributed by atoms with Crippen molar-refractivity contribution in [2.24, 2.45) is 0 Å². The van der Waals surface area contributed by atoms with Crippen molar-refractivity contribution in [3.63, 3.8) is 0 Å². The van der Waals surface area contributed by atoms with Crippen LogP contribution in [0.15, 0.2) is 42.5 Å². The Morgan fingerprint density at radius 3 is 2.00 bits per heavy atom. The molecule has 0 saturated heterocycles. The van der Waals surface area contributed by atoms with Gasteiger partial charge in [0.2, 0.25) is 0 Å². The normalized spacial score (nSPS) is 10.3. The summed E-state index contributed by atoms with van der Waals surface area (Å²) in [5.74, 6) is 0. The third-order valence-electron chi connectivity index (χ3n) is 2.73. The summed E-state index contributed by atoms with van der Waals surface area (Å²) < 4.78 is 0. The molecule has 0 heteroatoms. The first-order valence-electron chi connectivity index (χ1n) is 5.16. The molecule has 1 radical (unpaired) electrons. The molecule has 0 N–H and O–H groups in total. The maximum absolute atomic E-state index is 3.97. The molecule has 2 rings (SSSR count). The fourth-order valence-corrected chi connectivity index (χ4v) is 1.62. The first-order chi connectivity index (χ1) is 7.16. The summed E-state index contributed by atoms with van der Waals surface area (Å²) in [6, 6.07) is 15.0. The minimum absolute atomic E-state index is 1.10. The molecular weight excluding hydrogens is 180 g/mol. The van der Waals surface area contributed by atoms with Crippen molar-refractivity contribution in [3.05, 3.63) is 66.1 Å². The van der Waals surface area contributed by atoms with Gasteiger partial charge in [-0.25, -0.2) is 0 Å².